The Labute approximate surface area is 169 Å². The number of amides is 2. The summed E-state index contributed by atoms with van der Waals surface area (Å²) in [4.78, 5) is 29.3. The van der Waals surface area contributed by atoms with Crippen molar-refractivity contribution >= 4 is 45.9 Å². The number of thiophene rings is 1. The van der Waals surface area contributed by atoms with E-state index in [1.807, 2.05) is 59.2 Å². The lowest BCUT2D eigenvalue weighted by Crippen LogP contribution is -2.42. The van der Waals surface area contributed by atoms with Crippen LogP contribution < -0.4 is 10.9 Å². The first kappa shape index (κ1) is 18.3. The highest BCUT2D eigenvalue weighted by Crippen LogP contribution is 2.27. The van der Waals surface area contributed by atoms with E-state index in [4.69, 9.17) is 0 Å². The Balaban J connectivity index is 1.47. The van der Waals surface area contributed by atoms with Crippen LogP contribution in [0.3, 0.4) is 0 Å². The highest BCUT2D eigenvalue weighted by atomic mass is 32.2. The second-order valence-corrected chi connectivity index (χ2v) is 7.71. The number of hydrazine groups is 1. The first-order valence-corrected chi connectivity index (χ1v) is 10.4. The Hall–Kier alpha value is -3.10. The van der Waals surface area contributed by atoms with E-state index in [1.165, 1.54) is 23.1 Å². The maximum Gasteiger partial charge on any atom is 0.279 e. The van der Waals surface area contributed by atoms with Crippen molar-refractivity contribution in [2.24, 2.45) is 0 Å². The Bertz CT molecular complexity index is 1110. The maximum absolute atomic E-state index is 12.2. The Morgan fingerprint density at radius 2 is 1.75 bits per heavy atom. The van der Waals surface area contributed by atoms with E-state index >= 15 is 0 Å². The summed E-state index contributed by atoms with van der Waals surface area (Å²) in [6.07, 6.45) is 0. The molecule has 0 saturated heterocycles. The van der Waals surface area contributed by atoms with Crippen molar-refractivity contribution in [3.05, 3.63) is 77.0 Å². The second-order valence-electron chi connectivity index (χ2n) is 5.82. The van der Waals surface area contributed by atoms with Crippen LogP contribution in [0.4, 0.5) is 0 Å². The smallest absolute Gasteiger partial charge is 0.279 e. The van der Waals surface area contributed by atoms with Gasteiger partial charge in [-0.25, -0.2) is 4.98 Å². The normalized spacial score (nSPS) is 10.7. The molecule has 2 amide bonds. The van der Waals surface area contributed by atoms with Gasteiger partial charge in [-0.05, 0) is 35.7 Å². The Kier molecular flexibility index (Phi) is 5.41. The first-order chi connectivity index (χ1) is 13.7. The van der Waals surface area contributed by atoms with Crippen LogP contribution in [0, 0.1) is 0 Å². The molecule has 6 nitrogen and oxygen atoms in total. The number of carbonyl (C=O) groups excluding carboxylic acids is 2. The molecule has 0 aliphatic carbocycles. The third-order valence-corrected chi connectivity index (χ3v) is 5.74. The van der Waals surface area contributed by atoms with Crippen molar-refractivity contribution in [2.45, 2.75) is 5.16 Å². The summed E-state index contributed by atoms with van der Waals surface area (Å²) < 4.78 is 2.03. The molecule has 2 aromatic heterocycles. The molecule has 140 valence electrons. The predicted octanol–water partition coefficient (Wildman–Crippen LogP) is 3.64. The van der Waals surface area contributed by atoms with Crippen LogP contribution in [0.15, 0.2) is 77.3 Å². The quantitative estimate of drug-likeness (QED) is 0.390. The van der Waals surface area contributed by atoms with Crippen molar-refractivity contribution in [3.8, 4) is 5.69 Å². The fraction of sp³-hybridized carbons (Fsp3) is 0.0500. The van der Waals surface area contributed by atoms with Crippen LogP contribution in [0.2, 0.25) is 0 Å². The standard InChI is InChI=1S/C20H16N4O2S2/c25-18(22-23-19(26)17-11-6-12-27-17)13-28-20-21-15-9-4-5-10-16(15)24(20)14-7-2-1-3-8-14/h1-12H,13H2,(H,22,25)(H,23,26). The lowest BCUT2D eigenvalue weighted by molar-refractivity contribution is -0.119. The number of hydrogen-bond acceptors (Lipinski definition) is 5. The van der Waals surface area contributed by atoms with Crippen molar-refractivity contribution in [1.82, 2.24) is 20.4 Å². The molecule has 0 fully saturated rings. The van der Waals surface area contributed by atoms with E-state index in [2.05, 4.69) is 15.8 Å². The molecule has 0 aliphatic rings. The maximum atomic E-state index is 12.2. The predicted molar refractivity (Wildman–Crippen MR) is 112 cm³/mol. The molecule has 2 N–H and O–H groups in total. The van der Waals surface area contributed by atoms with Crippen LogP contribution in [0.25, 0.3) is 16.7 Å². The van der Waals surface area contributed by atoms with Crippen molar-refractivity contribution in [3.63, 3.8) is 0 Å². The lowest BCUT2D eigenvalue weighted by Gasteiger charge is -2.09. The third kappa shape index (κ3) is 3.92. The van der Waals surface area contributed by atoms with E-state index in [9.17, 15) is 9.59 Å². The van der Waals surface area contributed by atoms with E-state index in [0.717, 1.165) is 16.7 Å². The monoisotopic (exact) mass is 408 g/mol. The summed E-state index contributed by atoms with van der Waals surface area (Å²) >= 11 is 2.63. The summed E-state index contributed by atoms with van der Waals surface area (Å²) in [5, 5.41) is 2.52. The largest absolute Gasteiger partial charge is 0.287 e. The molecule has 28 heavy (non-hydrogen) atoms. The van der Waals surface area contributed by atoms with Crippen LogP contribution >= 0.6 is 23.1 Å². The van der Waals surface area contributed by atoms with Crippen molar-refractivity contribution in [1.29, 1.82) is 0 Å². The highest BCUT2D eigenvalue weighted by molar-refractivity contribution is 7.99. The molecule has 0 bridgehead atoms. The van der Waals surface area contributed by atoms with Gasteiger partial charge in [0.05, 0.1) is 21.7 Å². The number of nitrogens with zero attached hydrogens (tertiary/aromatic N) is 2. The van der Waals surface area contributed by atoms with Gasteiger partial charge in [-0.1, -0.05) is 48.2 Å². The molecule has 0 spiro atoms. The zero-order valence-electron chi connectivity index (χ0n) is 14.7. The van der Waals surface area contributed by atoms with Crippen molar-refractivity contribution in [2.75, 3.05) is 5.75 Å². The van der Waals surface area contributed by atoms with Gasteiger partial charge in [0.1, 0.15) is 0 Å². The van der Waals surface area contributed by atoms with Gasteiger partial charge in [-0.3, -0.25) is 25.0 Å². The van der Waals surface area contributed by atoms with Crippen LogP contribution in [-0.2, 0) is 4.79 Å². The minimum atomic E-state index is -0.329. The number of nitrogens with one attached hydrogen (secondary N) is 2. The number of aromatic nitrogens is 2. The molecule has 8 heteroatoms. The lowest BCUT2D eigenvalue weighted by atomic mass is 10.3. The second kappa shape index (κ2) is 8.28. The summed E-state index contributed by atoms with van der Waals surface area (Å²) in [6, 6.07) is 21.2. The van der Waals surface area contributed by atoms with Crippen LogP contribution in [0.1, 0.15) is 9.67 Å². The van der Waals surface area contributed by atoms with Crippen LogP contribution in [0.5, 0.6) is 0 Å². The highest BCUT2D eigenvalue weighted by Gasteiger charge is 2.15. The average Bonchev–Trinajstić information content (AvgIpc) is 3.39. The van der Waals surface area contributed by atoms with Crippen LogP contribution in [-0.4, -0.2) is 27.1 Å². The molecular formula is C20H16N4O2S2. The van der Waals surface area contributed by atoms with Gasteiger partial charge in [0.15, 0.2) is 5.16 Å². The Morgan fingerprint density at radius 3 is 2.54 bits per heavy atom. The van der Waals surface area contributed by atoms with Gasteiger partial charge in [-0.15, -0.1) is 11.3 Å². The van der Waals surface area contributed by atoms with Crippen molar-refractivity contribution < 1.29 is 9.59 Å². The molecule has 2 heterocycles. The van der Waals surface area contributed by atoms with E-state index < -0.39 is 0 Å². The Morgan fingerprint density at radius 1 is 0.964 bits per heavy atom. The van der Waals surface area contributed by atoms with E-state index in [-0.39, 0.29) is 17.6 Å². The molecule has 0 aliphatic heterocycles. The first-order valence-electron chi connectivity index (χ1n) is 8.51. The minimum absolute atomic E-state index is 0.126. The van der Waals surface area contributed by atoms with Gasteiger partial charge >= 0.3 is 0 Å². The number of hydrogen-bond donors (Lipinski definition) is 2. The summed E-state index contributed by atoms with van der Waals surface area (Å²) in [7, 11) is 0. The summed E-state index contributed by atoms with van der Waals surface area (Å²) in [5.41, 5.74) is 7.68. The molecule has 4 rings (SSSR count). The molecule has 2 aromatic carbocycles. The third-order valence-electron chi connectivity index (χ3n) is 3.94. The summed E-state index contributed by atoms with van der Waals surface area (Å²) in [5.74, 6) is -0.507. The average molecular weight is 409 g/mol. The minimum Gasteiger partial charge on any atom is -0.287 e. The van der Waals surface area contributed by atoms with E-state index in [0.29, 0.717) is 10.0 Å². The molecule has 0 unspecified atom stereocenters. The molecule has 0 radical (unpaired) electrons. The number of fused-ring (bicyclic) bond motifs is 1. The molecule has 4 aromatic rings. The number of benzene rings is 2. The van der Waals surface area contributed by atoms with E-state index in [1.54, 1.807) is 17.5 Å². The number of rotatable bonds is 5. The number of para-hydroxylation sites is 3. The topological polar surface area (TPSA) is 76.0 Å². The zero-order chi connectivity index (χ0) is 19.3. The van der Waals surface area contributed by atoms with Gasteiger partial charge in [0.2, 0.25) is 5.91 Å². The number of imidazole rings is 1. The SMILES string of the molecule is O=C(CSc1nc2ccccc2n1-c1ccccc1)NNC(=O)c1cccs1. The zero-order valence-corrected chi connectivity index (χ0v) is 16.3. The van der Waals surface area contributed by atoms with Gasteiger partial charge in [0.25, 0.3) is 5.91 Å². The van der Waals surface area contributed by atoms with Gasteiger partial charge < -0.3 is 0 Å². The molecule has 0 saturated carbocycles. The number of carbonyl (C=O) groups is 2. The molecule has 0 atom stereocenters. The molecular weight excluding hydrogens is 392 g/mol. The van der Waals surface area contributed by atoms with Gasteiger partial charge in [-0.2, -0.15) is 0 Å². The fourth-order valence-corrected chi connectivity index (χ4v) is 4.14. The fourth-order valence-electron chi connectivity index (χ4n) is 2.69. The summed E-state index contributed by atoms with van der Waals surface area (Å²) in [6.45, 7) is 0. The van der Waals surface area contributed by atoms with Gasteiger partial charge in [0, 0.05) is 5.69 Å². The number of thioether (sulfide) groups is 1.